The largest absolute Gasteiger partial charge is 0.352 e. The van der Waals surface area contributed by atoms with Crippen LogP contribution in [-0.2, 0) is 16.0 Å². The third-order valence-corrected chi connectivity index (χ3v) is 4.28. The summed E-state index contributed by atoms with van der Waals surface area (Å²) < 4.78 is 0. The first-order valence-electron chi connectivity index (χ1n) is 8.36. The van der Waals surface area contributed by atoms with Crippen molar-refractivity contribution in [1.29, 1.82) is 0 Å². The van der Waals surface area contributed by atoms with Crippen LogP contribution in [0.3, 0.4) is 0 Å². The van der Waals surface area contributed by atoms with Gasteiger partial charge in [0.05, 0.1) is 6.04 Å². The predicted molar refractivity (Wildman–Crippen MR) is 90.7 cm³/mol. The number of nitrogens with two attached hydrogens (primary N) is 1. The fourth-order valence-electron chi connectivity index (χ4n) is 2.88. The fourth-order valence-corrected chi connectivity index (χ4v) is 2.88. The molecule has 5 heteroatoms. The Hall–Kier alpha value is -1.88. The molecule has 1 fully saturated rings. The second kappa shape index (κ2) is 8.11. The molecule has 1 heterocycles. The van der Waals surface area contributed by atoms with Gasteiger partial charge in [-0.15, -0.1) is 0 Å². The average Bonchev–Trinajstić information content (AvgIpc) is 2.55. The van der Waals surface area contributed by atoms with Gasteiger partial charge in [0.25, 0.3) is 0 Å². The number of amides is 2. The lowest BCUT2D eigenvalue weighted by Gasteiger charge is -2.33. The minimum atomic E-state index is -0.535. The standard InChI is InChI=1S/C18H27N3O2/c1-13(2)18(23)21-10-8-15(9-11-21)20-17(22)16(19)12-14-6-4-3-5-7-14/h3-7,13,15-16H,8-12,19H2,1-2H3,(H,20,22)/t16-/m0/s1. The molecular weight excluding hydrogens is 290 g/mol. The molecule has 0 radical (unpaired) electrons. The molecule has 126 valence electrons. The van der Waals surface area contributed by atoms with E-state index < -0.39 is 6.04 Å². The highest BCUT2D eigenvalue weighted by Crippen LogP contribution is 2.13. The summed E-state index contributed by atoms with van der Waals surface area (Å²) in [4.78, 5) is 26.1. The Labute approximate surface area is 138 Å². The minimum Gasteiger partial charge on any atom is -0.352 e. The van der Waals surface area contributed by atoms with Crippen LogP contribution >= 0.6 is 0 Å². The van der Waals surface area contributed by atoms with Crippen LogP contribution < -0.4 is 11.1 Å². The van der Waals surface area contributed by atoms with Crippen molar-refractivity contribution in [3.8, 4) is 0 Å². The summed E-state index contributed by atoms with van der Waals surface area (Å²) in [6, 6.07) is 9.37. The van der Waals surface area contributed by atoms with E-state index in [9.17, 15) is 9.59 Å². The Balaban J connectivity index is 1.77. The van der Waals surface area contributed by atoms with Gasteiger partial charge in [-0.2, -0.15) is 0 Å². The van der Waals surface area contributed by atoms with Crippen LogP contribution in [0.1, 0.15) is 32.3 Å². The van der Waals surface area contributed by atoms with E-state index in [1.807, 2.05) is 49.1 Å². The van der Waals surface area contributed by atoms with Crippen LogP contribution in [0, 0.1) is 5.92 Å². The molecule has 0 bridgehead atoms. The molecule has 23 heavy (non-hydrogen) atoms. The molecule has 0 unspecified atom stereocenters. The lowest BCUT2D eigenvalue weighted by Crippen LogP contribution is -2.51. The first-order chi connectivity index (χ1) is 11.0. The topological polar surface area (TPSA) is 75.4 Å². The molecule has 1 aromatic carbocycles. The lowest BCUT2D eigenvalue weighted by atomic mass is 10.0. The van der Waals surface area contributed by atoms with Gasteiger partial charge in [0, 0.05) is 25.0 Å². The first-order valence-corrected chi connectivity index (χ1v) is 8.36. The Morgan fingerprint density at radius 2 is 1.83 bits per heavy atom. The smallest absolute Gasteiger partial charge is 0.237 e. The molecule has 1 aliphatic rings. The predicted octanol–water partition coefficient (Wildman–Crippen LogP) is 1.32. The molecule has 1 aliphatic heterocycles. The van der Waals surface area contributed by atoms with Crippen LogP contribution in [0.25, 0.3) is 0 Å². The molecular formula is C18H27N3O2. The number of nitrogens with zero attached hydrogens (tertiary/aromatic N) is 1. The number of carbonyl (C=O) groups is 2. The van der Waals surface area contributed by atoms with E-state index in [-0.39, 0.29) is 23.8 Å². The van der Waals surface area contributed by atoms with E-state index in [0.717, 1.165) is 18.4 Å². The molecule has 0 spiro atoms. The molecule has 2 amide bonds. The maximum Gasteiger partial charge on any atom is 0.237 e. The summed E-state index contributed by atoms with van der Waals surface area (Å²) in [5, 5.41) is 3.03. The first kappa shape index (κ1) is 17.5. The van der Waals surface area contributed by atoms with Crippen molar-refractivity contribution in [1.82, 2.24) is 10.2 Å². The Morgan fingerprint density at radius 1 is 1.22 bits per heavy atom. The highest BCUT2D eigenvalue weighted by Gasteiger charge is 2.26. The van der Waals surface area contributed by atoms with Crippen LogP contribution in [0.4, 0.5) is 0 Å². The lowest BCUT2D eigenvalue weighted by molar-refractivity contribution is -0.135. The van der Waals surface area contributed by atoms with Crippen LogP contribution in [0.2, 0.25) is 0 Å². The quantitative estimate of drug-likeness (QED) is 0.860. The number of rotatable bonds is 5. The van der Waals surface area contributed by atoms with Crippen molar-refractivity contribution >= 4 is 11.8 Å². The number of carbonyl (C=O) groups excluding carboxylic acids is 2. The van der Waals surface area contributed by atoms with E-state index in [1.165, 1.54) is 0 Å². The van der Waals surface area contributed by atoms with Crippen LogP contribution in [0.5, 0.6) is 0 Å². The maximum atomic E-state index is 12.2. The Bertz CT molecular complexity index is 522. The van der Waals surface area contributed by atoms with Crippen molar-refractivity contribution in [3.05, 3.63) is 35.9 Å². The fraction of sp³-hybridized carbons (Fsp3) is 0.556. The van der Waals surface area contributed by atoms with E-state index in [0.29, 0.717) is 19.5 Å². The summed E-state index contributed by atoms with van der Waals surface area (Å²) in [7, 11) is 0. The number of piperidine rings is 1. The number of hydrogen-bond donors (Lipinski definition) is 2. The second-order valence-electron chi connectivity index (χ2n) is 6.56. The molecule has 3 N–H and O–H groups in total. The number of hydrogen-bond acceptors (Lipinski definition) is 3. The highest BCUT2D eigenvalue weighted by atomic mass is 16.2. The van der Waals surface area contributed by atoms with Gasteiger partial charge in [0.2, 0.25) is 11.8 Å². The molecule has 1 atom stereocenters. The zero-order valence-corrected chi connectivity index (χ0v) is 14.0. The summed E-state index contributed by atoms with van der Waals surface area (Å²) in [5.41, 5.74) is 7.07. The van der Waals surface area contributed by atoms with Crippen molar-refractivity contribution in [2.45, 2.75) is 45.2 Å². The third kappa shape index (κ3) is 5.06. The van der Waals surface area contributed by atoms with Crippen molar-refractivity contribution < 1.29 is 9.59 Å². The Kier molecular flexibility index (Phi) is 6.16. The van der Waals surface area contributed by atoms with Crippen LogP contribution in [-0.4, -0.2) is 41.9 Å². The molecule has 0 saturated carbocycles. The Morgan fingerprint density at radius 3 is 2.39 bits per heavy atom. The van der Waals surface area contributed by atoms with E-state index >= 15 is 0 Å². The van der Waals surface area contributed by atoms with E-state index in [4.69, 9.17) is 5.73 Å². The summed E-state index contributed by atoms with van der Waals surface area (Å²) in [6.07, 6.45) is 2.13. The minimum absolute atomic E-state index is 0.0282. The molecule has 5 nitrogen and oxygen atoms in total. The molecule has 1 aromatic rings. The number of likely N-dealkylation sites (tertiary alicyclic amines) is 1. The van der Waals surface area contributed by atoms with E-state index in [1.54, 1.807) is 0 Å². The van der Waals surface area contributed by atoms with Crippen molar-refractivity contribution in [3.63, 3.8) is 0 Å². The van der Waals surface area contributed by atoms with Gasteiger partial charge in [-0.25, -0.2) is 0 Å². The third-order valence-electron chi connectivity index (χ3n) is 4.28. The summed E-state index contributed by atoms with van der Waals surface area (Å²) >= 11 is 0. The maximum absolute atomic E-state index is 12.2. The normalized spacial score (nSPS) is 17.1. The van der Waals surface area contributed by atoms with Gasteiger partial charge in [0.1, 0.15) is 0 Å². The highest BCUT2D eigenvalue weighted by molar-refractivity contribution is 5.82. The SMILES string of the molecule is CC(C)C(=O)N1CCC(NC(=O)[C@@H](N)Cc2ccccc2)CC1. The molecule has 0 aliphatic carbocycles. The van der Waals surface area contributed by atoms with Gasteiger partial charge >= 0.3 is 0 Å². The monoisotopic (exact) mass is 317 g/mol. The zero-order chi connectivity index (χ0) is 16.8. The summed E-state index contributed by atoms with van der Waals surface area (Å²) in [6.45, 7) is 5.24. The second-order valence-corrected chi connectivity index (χ2v) is 6.56. The van der Waals surface area contributed by atoms with E-state index in [2.05, 4.69) is 5.32 Å². The molecule has 2 rings (SSSR count). The zero-order valence-electron chi connectivity index (χ0n) is 14.0. The van der Waals surface area contributed by atoms with Crippen molar-refractivity contribution in [2.24, 2.45) is 11.7 Å². The number of benzene rings is 1. The van der Waals surface area contributed by atoms with Gasteiger partial charge in [-0.3, -0.25) is 9.59 Å². The molecule has 0 aromatic heterocycles. The number of nitrogens with one attached hydrogen (secondary N) is 1. The summed E-state index contributed by atoms with van der Waals surface area (Å²) in [5.74, 6) is 0.110. The average molecular weight is 317 g/mol. The van der Waals surface area contributed by atoms with Crippen LogP contribution in [0.15, 0.2) is 30.3 Å². The van der Waals surface area contributed by atoms with Crippen molar-refractivity contribution in [2.75, 3.05) is 13.1 Å². The molecule has 1 saturated heterocycles. The van der Waals surface area contributed by atoms with Gasteiger partial charge in [0.15, 0.2) is 0 Å². The van der Waals surface area contributed by atoms with Gasteiger partial charge in [-0.05, 0) is 24.8 Å². The van der Waals surface area contributed by atoms with Gasteiger partial charge in [-0.1, -0.05) is 44.2 Å². The van der Waals surface area contributed by atoms with Gasteiger partial charge < -0.3 is 16.0 Å².